The summed E-state index contributed by atoms with van der Waals surface area (Å²) in [6.07, 6.45) is -8.30. The molecular formula is C21H22F6N2O2S. The number of anilines is 1. The van der Waals surface area contributed by atoms with E-state index in [1.807, 2.05) is 0 Å². The van der Waals surface area contributed by atoms with Crippen molar-refractivity contribution in [2.24, 2.45) is 0 Å². The minimum Gasteiger partial charge on any atom is -0.381 e. The second-order valence-electron chi connectivity index (χ2n) is 7.14. The summed E-state index contributed by atoms with van der Waals surface area (Å²) in [6, 6.07) is 7.14. The summed E-state index contributed by atoms with van der Waals surface area (Å²) in [5.41, 5.74) is -4.11. The average molecular weight is 480 g/mol. The lowest BCUT2D eigenvalue weighted by Crippen LogP contribution is -2.48. The van der Waals surface area contributed by atoms with Crippen molar-refractivity contribution in [1.82, 2.24) is 5.32 Å². The molecule has 176 valence electrons. The molecule has 0 unspecified atom stereocenters. The van der Waals surface area contributed by atoms with E-state index in [-0.39, 0.29) is 18.1 Å². The van der Waals surface area contributed by atoms with Crippen LogP contribution in [0.1, 0.15) is 22.3 Å². The van der Waals surface area contributed by atoms with Crippen molar-refractivity contribution in [2.75, 3.05) is 23.9 Å². The molecule has 0 aromatic heterocycles. The predicted molar refractivity (Wildman–Crippen MR) is 111 cm³/mol. The topological polar surface area (TPSA) is 61.4 Å². The highest BCUT2D eigenvalue weighted by Crippen LogP contribution is 2.41. The van der Waals surface area contributed by atoms with Crippen LogP contribution < -0.4 is 10.6 Å². The monoisotopic (exact) mass is 480 g/mol. The van der Waals surface area contributed by atoms with Crippen LogP contribution >= 0.6 is 11.8 Å². The number of hydrogen-bond acceptors (Lipinski definition) is 4. The Hall–Kier alpha value is -2.40. The van der Waals surface area contributed by atoms with E-state index in [9.17, 15) is 36.2 Å². The predicted octanol–water partition coefficient (Wildman–Crippen LogP) is 4.86. The van der Waals surface area contributed by atoms with E-state index in [0.29, 0.717) is 23.4 Å². The molecule has 0 fully saturated rings. The number of hydrogen-bond donors (Lipinski definition) is 3. The normalized spacial score (nSPS) is 14.0. The molecule has 0 saturated carbocycles. The van der Waals surface area contributed by atoms with Crippen LogP contribution in [0.25, 0.3) is 0 Å². The molecule has 2 aromatic rings. The Morgan fingerprint density at radius 1 is 1.03 bits per heavy atom. The van der Waals surface area contributed by atoms with E-state index in [4.69, 9.17) is 0 Å². The second kappa shape index (κ2) is 10.0. The van der Waals surface area contributed by atoms with Gasteiger partial charge in [-0.25, -0.2) is 0 Å². The van der Waals surface area contributed by atoms with E-state index in [1.54, 1.807) is 19.2 Å². The van der Waals surface area contributed by atoms with Gasteiger partial charge in [0.2, 0.25) is 11.5 Å². The molecule has 0 spiro atoms. The highest BCUT2D eigenvalue weighted by Gasteiger charge is 2.55. The first-order valence-electron chi connectivity index (χ1n) is 9.34. The van der Waals surface area contributed by atoms with E-state index >= 15 is 0 Å². The number of halogens is 6. The van der Waals surface area contributed by atoms with E-state index in [0.717, 1.165) is 17.7 Å². The molecule has 0 aliphatic rings. The number of thioether (sulfide) groups is 1. The van der Waals surface area contributed by atoms with Gasteiger partial charge < -0.3 is 15.7 Å². The zero-order valence-corrected chi connectivity index (χ0v) is 18.0. The Morgan fingerprint density at radius 2 is 1.69 bits per heavy atom. The van der Waals surface area contributed by atoms with Crippen LogP contribution in [0.5, 0.6) is 0 Å². The number of benzene rings is 2. The number of alkyl halides is 6. The molecule has 1 atom stereocenters. The zero-order valence-electron chi connectivity index (χ0n) is 17.2. The van der Waals surface area contributed by atoms with Gasteiger partial charge in [-0.05, 0) is 54.1 Å². The molecule has 3 N–H and O–H groups in total. The Kier molecular flexibility index (Phi) is 8.11. The van der Waals surface area contributed by atoms with Gasteiger partial charge in [0.1, 0.15) is 0 Å². The highest BCUT2D eigenvalue weighted by molar-refractivity contribution is 7.99. The minimum absolute atomic E-state index is 0.157. The number of carbonyl (C=O) groups excluding carboxylic acids is 1. The smallest absolute Gasteiger partial charge is 0.381 e. The van der Waals surface area contributed by atoms with Gasteiger partial charge in [0.15, 0.2) is 0 Å². The van der Waals surface area contributed by atoms with Gasteiger partial charge in [-0.3, -0.25) is 4.79 Å². The molecule has 32 heavy (non-hydrogen) atoms. The van der Waals surface area contributed by atoms with Crippen LogP contribution in [0.4, 0.5) is 32.0 Å². The van der Waals surface area contributed by atoms with Gasteiger partial charge in [0, 0.05) is 12.2 Å². The Balaban J connectivity index is 2.21. The van der Waals surface area contributed by atoms with Crippen LogP contribution in [0.2, 0.25) is 0 Å². The number of rotatable bonds is 8. The standard InChI is InChI=1S/C21H22F6N2O2S/c1-13-8-17(7-6-14(13)10-28-18(30)11-32-2)29-12-19(31,21(25,26)27)15-4-3-5-16(9-15)20(22,23)24/h3-9,29,31H,10-12H2,1-2H3,(H,28,30)/t19-/m0/s1. The van der Waals surface area contributed by atoms with Crippen molar-refractivity contribution < 1.29 is 36.2 Å². The van der Waals surface area contributed by atoms with Crippen molar-refractivity contribution in [3.8, 4) is 0 Å². The van der Waals surface area contributed by atoms with Crippen LogP contribution in [0.15, 0.2) is 42.5 Å². The van der Waals surface area contributed by atoms with Gasteiger partial charge >= 0.3 is 12.4 Å². The number of aliphatic hydroxyl groups is 1. The second-order valence-corrected chi connectivity index (χ2v) is 8.01. The van der Waals surface area contributed by atoms with Crippen LogP contribution in [-0.4, -0.2) is 35.7 Å². The third-order valence-electron chi connectivity index (χ3n) is 4.78. The SMILES string of the molecule is CSCC(=O)NCc1ccc(NC[C@](O)(c2cccc(C(F)(F)F)c2)C(F)(F)F)cc1C. The van der Waals surface area contributed by atoms with Gasteiger partial charge in [-0.1, -0.05) is 18.2 Å². The Bertz CT molecular complexity index is 949. The molecule has 0 saturated heterocycles. The minimum atomic E-state index is -5.24. The Labute approximate surface area is 185 Å². The van der Waals surface area contributed by atoms with Gasteiger partial charge in [-0.2, -0.15) is 38.1 Å². The first-order chi connectivity index (χ1) is 14.8. The van der Waals surface area contributed by atoms with Crippen molar-refractivity contribution >= 4 is 23.4 Å². The fourth-order valence-electron chi connectivity index (χ4n) is 2.93. The van der Waals surface area contributed by atoms with Crippen molar-refractivity contribution in [2.45, 2.75) is 31.4 Å². The number of carbonyl (C=O) groups is 1. The quantitative estimate of drug-likeness (QED) is 0.473. The lowest BCUT2D eigenvalue weighted by atomic mass is 9.91. The molecule has 2 rings (SSSR count). The number of nitrogens with one attached hydrogen (secondary N) is 2. The maximum absolute atomic E-state index is 13.7. The lowest BCUT2D eigenvalue weighted by molar-refractivity contribution is -0.260. The summed E-state index contributed by atoms with van der Waals surface area (Å²) in [6.45, 7) is 0.841. The molecular weight excluding hydrogens is 458 g/mol. The summed E-state index contributed by atoms with van der Waals surface area (Å²) in [5.74, 6) is 0.139. The molecule has 0 aliphatic carbocycles. The summed E-state index contributed by atoms with van der Waals surface area (Å²) in [7, 11) is 0. The van der Waals surface area contributed by atoms with Crippen LogP contribution in [0, 0.1) is 6.92 Å². The number of amides is 1. The fraction of sp³-hybridized carbons (Fsp3) is 0.381. The maximum atomic E-state index is 13.7. The molecule has 0 radical (unpaired) electrons. The summed E-state index contributed by atoms with van der Waals surface area (Å²) < 4.78 is 79.9. The van der Waals surface area contributed by atoms with Gasteiger partial charge in [0.05, 0.1) is 17.9 Å². The van der Waals surface area contributed by atoms with Crippen LogP contribution in [-0.2, 0) is 23.1 Å². The van der Waals surface area contributed by atoms with E-state index in [1.165, 1.54) is 23.9 Å². The third-order valence-corrected chi connectivity index (χ3v) is 5.33. The molecule has 0 bridgehead atoms. The number of aryl methyl sites for hydroxylation is 1. The molecule has 2 aromatic carbocycles. The van der Waals surface area contributed by atoms with Crippen molar-refractivity contribution in [3.63, 3.8) is 0 Å². The summed E-state index contributed by atoms with van der Waals surface area (Å²) in [5, 5.41) is 15.6. The molecule has 11 heteroatoms. The zero-order chi connectivity index (χ0) is 24.2. The third kappa shape index (κ3) is 6.32. The van der Waals surface area contributed by atoms with E-state index in [2.05, 4.69) is 10.6 Å². The van der Waals surface area contributed by atoms with Crippen molar-refractivity contribution in [3.05, 3.63) is 64.7 Å². The maximum Gasteiger partial charge on any atom is 0.423 e. The lowest BCUT2D eigenvalue weighted by Gasteiger charge is -2.32. The van der Waals surface area contributed by atoms with Crippen LogP contribution in [0.3, 0.4) is 0 Å². The summed E-state index contributed by atoms with van der Waals surface area (Å²) in [4.78, 5) is 11.6. The fourth-order valence-corrected chi connectivity index (χ4v) is 3.29. The summed E-state index contributed by atoms with van der Waals surface area (Å²) >= 11 is 1.36. The Morgan fingerprint density at radius 3 is 2.25 bits per heavy atom. The van der Waals surface area contributed by atoms with E-state index < -0.39 is 35.6 Å². The molecule has 1 amide bonds. The van der Waals surface area contributed by atoms with Gasteiger partial charge in [0.25, 0.3) is 0 Å². The van der Waals surface area contributed by atoms with Crippen molar-refractivity contribution in [1.29, 1.82) is 0 Å². The van der Waals surface area contributed by atoms with Gasteiger partial charge in [-0.15, -0.1) is 0 Å². The largest absolute Gasteiger partial charge is 0.423 e. The first-order valence-corrected chi connectivity index (χ1v) is 10.7. The average Bonchev–Trinajstić information content (AvgIpc) is 2.70. The first kappa shape index (κ1) is 25.9. The molecule has 0 heterocycles. The highest BCUT2D eigenvalue weighted by atomic mass is 32.2. The molecule has 4 nitrogen and oxygen atoms in total. The molecule has 0 aliphatic heterocycles.